The number of nitrogens with zero attached hydrogens (tertiary/aromatic N) is 2. The quantitative estimate of drug-likeness (QED) is 0.473. The zero-order valence-corrected chi connectivity index (χ0v) is 18.7. The molecule has 4 rings (SSSR count). The molecule has 0 unspecified atom stereocenters. The Labute approximate surface area is 191 Å². The number of aromatic nitrogens is 2. The molecule has 158 valence electrons. The molecule has 0 aliphatic rings. The Morgan fingerprint density at radius 2 is 1.77 bits per heavy atom. The van der Waals surface area contributed by atoms with Crippen molar-refractivity contribution in [1.82, 2.24) is 14.3 Å². The van der Waals surface area contributed by atoms with Gasteiger partial charge in [0.15, 0.2) is 0 Å². The molecule has 2 aromatic heterocycles. The first-order valence-electron chi connectivity index (χ1n) is 9.37. The van der Waals surface area contributed by atoms with E-state index < -0.39 is 5.69 Å². The van der Waals surface area contributed by atoms with Crippen LogP contribution >= 0.6 is 34.5 Å². The minimum Gasteiger partial charge on any atom is -0.347 e. The first-order chi connectivity index (χ1) is 14.8. The lowest BCUT2D eigenvalue weighted by molar-refractivity contribution is 0.0954. The molecule has 0 aliphatic heterocycles. The van der Waals surface area contributed by atoms with E-state index in [-0.39, 0.29) is 24.6 Å². The molecule has 0 saturated carbocycles. The van der Waals surface area contributed by atoms with Gasteiger partial charge in [0.1, 0.15) is 9.71 Å². The Kier molecular flexibility index (Phi) is 6.00. The summed E-state index contributed by atoms with van der Waals surface area (Å²) in [6.45, 7) is 2.07. The lowest BCUT2D eigenvalue weighted by Gasteiger charge is -2.07. The van der Waals surface area contributed by atoms with Gasteiger partial charge in [-0.1, -0.05) is 59.6 Å². The summed E-state index contributed by atoms with van der Waals surface area (Å²) in [5, 5.41) is 3.64. The van der Waals surface area contributed by atoms with Crippen molar-refractivity contribution in [2.45, 2.75) is 20.0 Å². The molecule has 0 spiro atoms. The second-order valence-electron chi connectivity index (χ2n) is 6.99. The number of halogens is 2. The van der Waals surface area contributed by atoms with Gasteiger partial charge in [0.25, 0.3) is 11.5 Å². The molecule has 1 amide bonds. The molecule has 0 saturated heterocycles. The highest BCUT2D eigenvalue weighted by Crippen LogP contribution is 2.23. The van der Waals surface area contributed by atoms with Gasteiger partial charge in [-0.2, -0.15) is 0 Å². The molecule has 1 N–H and O–H groups in total. The lowest BCUT2D eigenvalue weighted by atomic mass is 10.2. The van der Waals surface area contributed by atoms with Crippen LogP contribution in [0.4, 0.5) is 0 Å². The maximum atomic E-state index is 13.0. The van der Waals surface area contributed by atoms with E-state index in [0.29, 0.717) is 25.3 Å². The van der Waals surface area contributed by atoms with Gasteiger partial charge in [0.05, 0.1) is 16.6 Å². The van der Waals surface area contributed by atoms with Gasteiger partial charge in [0, 0.05) is 18.3 Å². The number of thiazole rings is 1. The Balaban J connectivity index is 1.64. The summed E-state index contributed by atoms with van der Waals surface area (Å²) in [4.78, 5) is 39.2. The van der Waals surface area contributed by atoms with E-state index in [9.17, 15) is 14.4 Å². The van der Waals surface area contributed by atoms with Crippen LogP contribution in [-0.2, 0) is 13.1 Å². The minimum atomic E-state index is -0.478. The van der Waals surface area contributed by atoms with Crippen molar-refractivity contribution < 1.29 is 4.79 Å². The number of amides is 1. The van der Waals surface area contributed by atoms with Crippen molar-refractivity contribution in [2.24, 2.45) is 0 Å². The molecule has 0 atom stereocenters. The normalized spacial score (nSPS) is 11.1. The Morgan fingerprint density at radius 3 is 2.48 bits per heavy atom. The highest BCUT2D eigenvalue weighted by Gasteiger charge is 2.17. The van der Waals surface area contributed by atoms with Gasteiger partial charge < -0.3 is 5.32 Å². The third-order valence-electron chi connectivity index (χ3n) is 4.84. The SMILES string of the molecule is Cc1c(=O)n(Cc2ccccc2)c(=O)n2cc(C(=O)NCc3ccc(Cl)c(Cl)c3)sc12. The van der Waals surface area contributed by atoms with E-state index in [2.05, 4.69) is 5.32 Å². The molecule has 9 heteroatoms. The maximum absolute atomic E-state index is 13.0. The van der Waals surface area contributed by atoms with Crippen molar-refractivity contribution in [3.63, 3.8) is 0 Å². The standard InChI is InChI=1S/C22H17Cl2N3O3S/c1-13-20(29)26(11-14-5-3-2-4-6-14)22(30)27-12-18(31-21(13)27)19(28)25-10-15-7-8-16(23)17(24)9-15/h2-9,12H,10-11H2,1H3,(H,25,28). The number of hydrogen-bond acceptors (Lipinski definition) is 4. The van der Waals surface area contributed by atoms with Gasteiger partial charge in [-0.15, -0.1) is 11.3 Å². The summed E-state index contributed by atoms with van der Waals surface area (Å²) < 4.78 is 2.54. The average molecular weight is 474 g/mol. The smallest absolute Gasteiger partial charge is 0.336 e. The number of carbonyl (C=O) groups excluding carboxylic acids is 1. The molecule has 4 aromatic rings. The van der Waals surface area contributed by atoms with Crippen molar-refractivity contribution in [3.8, 4) is 0 Å². The van der Waals surface area contributed by atoms with Gasteiger partial charge in [-0.25, -0.2) is 4.79 Å². The third-order valence-corrected chi connectivity index (χ3v) is 6.79. The predicted molar refractivity (Wildman–Crippen MR) is 124 cm³/mol. The number of nitrogens with one attached hydrogen (secondary N) is 1. The van der Waals surface area contributed by atoms with Gasteiger partial charge in [-0.3, -0.25) is 18.6 Å². The van der Waals surface area contributed by atoms with Crippen LogP contribution in [0, 0.1) is 6.92 Å². The fraction of sp³-hybridized carbons (Fsp3) is 0.136. The Morgan fingerprint density at radius 1 is 1.03 bits per heavy atom. The fourth-order valence-electron chi connectivity index (χ4n) is 3.20. The summed E-state index contributed by atoms with van der Waals surface area (Å²) in [7, 11) is 0. The van der Waals surface area contributed by atoms with Crippen molar-refractivity contribution >= 4 is 45.3 Å². The van der Waals surface area contributed by atoms with Crippen LogP contribution in [0.1, 0.15) is 26.4 Å². The molecule has 0 aliphatic carbocycles. The molecule has 0 fully saturated rings. The van der Waals surface area contributed by atoms with E-state index in [1.54, 1.807) is 25.1 Å². The van der Waals surface area contributed by atoms with E-state index in [4.69, 9.17) is 23.2 Å². The topological polar surface area (TPSA) is 72.6 Å². The minimum absolute atomic E-state index is 0.164. The number of rotatable bonds is 5. The lowest BCUT2D eigenvalue weighted by Crippen LogP contribution is -2.38. The molecule has 0 bridgehead atoms. The second kappa shape index (κ2) is 8.70. The van der Waals surface area contributed by atoms with Crippen molar-refractivity contribution in [1.29, 1.82) is 0 Å². The number of carbonyl (C=O) groups is 1. The fourth-order valence-corrected chi connectivity index (χ4v) is 4.52. The third kappa shape index (κ3) is 4.30. The number of benzene rings is 2. The maximum Gasteiger partial charge on any atom is 0.336 e. The molecule has 6 nitrogen and oxygen atoms in total. The summed E-state index contributed by atoms with van der Waals surface area (Å²) in [5.41, 5.74) is 1.22. The summed E-state index contributed by atoms with van der Waals surface area (Å²) in [6.07, 6.45) is 1.47. The van der Waals surface area contributed by atoms with Crippen LogP contribution in [0.2, 0.25) is 10.0 Å². The zero-order chi connectivity index (χ0) is 22.1. The van der Waals surface area contributed by atoms with Crippen LogP contribution < -0.4 is 16.6 Å². The van der Waals surface area contributed by atoms with Gasteiger partial charge in [-0.05, 0) is 30.2 Å². The van der Waals surface area contributed by atoms with E-state index in [0.717, 1.165) is 22.5 Å². The van der Waals surface area contributed by atoms with Crippen LogP contribution in [-0.4, -0.2) is 14.9 Å². The number of fused-ring (bicyclic) bond motifs is 1. The first kappa shape index (κ1) is 21.4. The van der Waals surface area contributed by atoms with Gasteiger partial charge >= 0.3 is 5.69 Å². The highest BCUT2D eigenvalue weighted by molar-refractivity contribution is 7.19. The van der Waals surface area contributed by atoms with Crippen LogP contribution in [0.25, 0.3) is 4.83 Å². The molecule has 2 heterocycles. The van der Waals surface area contributed by atoms with Gasteiger partial charge in [0.2, 0.25) is 0 Å². The largest absolute Gasteiger partial charge is 0.347 e. The molecular formula is C22H17Cl2N3O3S. The monoisotopic (exact) mass is 473 g/mol. The van der Waals surface area contributed by atoms with E-state index >= 15 is 0 Å². The Bertz CT molecular complexity index is 1410. The predicted octanol–water partition coefficient (Wildman–Crippen LogP) is 4.12. The van der Waals surface area contributed by atoms with Crippen LogP contribution in [0.5, 0.6) is 0 Å². The second-order valence-corrected chi connectivity index (χ2v) is 8.83. The highest BCUT2D eigenvalue weighted by atomic mass is 35.5. The number of aryl methyl sites for hydroxylation is 1. The number of hydrogen-bond donors (Lipinski definition) is 1. The molecular weight excluding hydrogens is 457 g/mol. The zero-order valence-electron chi connectivity index (χ0n) is 16.4. The van der Waals surface area contributed by atoms with Crippen molar-refractivity contribution in [2.75, 3.05) is 0 Å². The summed E-state index contributed by atoms with van der Waals surface area (Å²) >= 11 is 13.0. The van der Waals surface area contributed by atoms with E-state index in [1.807, 2.05) is 30.3 Å². The first-order valence-corrected chi connectivity index (χ1v) is 10.9. The van der Waals surface area contributed by atoms with E-state index in [1.165, 1.54) is 15.2 Å². The average Bonchev–Trinajstić information content (AvgIpc) is 3.22. The summed E-state index contributed by atoms with van der Waals surface area (Å²) in [6, 6.07) is 14.4. The van der Waals surface area contributed by atoms with Crippen molar-refractivity contribution in [3.05, 3.63) is 107 Å². The van der Waals surface area contributed by atoms with Crippen LogP contribution in [0.3, 0.4) is 0 Å². The molecule has 31 heavy (non-hydrogen) atoms. The Hall–Kier alpha value is -2.87. The molecule has 0 radical (unpaired) electrons. The summed E-state index contributed by atoms with van der Waals surface area (Å²) in [5.74, 6) is -0.347. The van der Waals surface area contributed by atoms with Crippen LogP contribution in [0.15, 0.2) is 64.3 Å². The molecule has 2 aromatic carbocycles.